The molecular formula is C31H32F5N3O3. The Bertz CT molecular complexity index is 1410. The molecule has 0 saturated heterocycles. The minimum Gasteiger partial charge on any atom is -0.488 e. The van der Waals surface area contributed by atoms with Gasteiger partial charge in [0.05, 0.1) is 11.1 Å². The predicted octanol–water partition coefficient (Wildman–Crippen LogP) is 7.64. The Balaban J connectivity index is 1.92. The van der Waals surface area contributed by atoms with Crippen LogP contribution in [-0.4, -0.2) is 24.2 Å². The van der Waals surface area contributed by atoms with Gasteiger partial charge in [-0.25, -0.2) is 13.6 Å². The highest BCUT2D eigenvalue weighted by Gasteiger charge is 2.41. The lowest BCUT2D eigenvalue weighted by molar-refractivity contribution is -0.137. The van der Waals surface area contributed by atoms with Crippen LogP contribution in [0.1, 0.15) is 61.8 Å². The molecule has 42 heavy (non-hydrogen) atoms. The van der Waals surface area contributed by atoms with Crippen molar-refractivity contribution in [1.82, 2.24) is 10.6 Å². The van der Waals surface area contributed by atoms with Gasteiger partial charge in [-0.15, -0.1) is 0 Å². The van der Waals surface area contributed by atoms with Crippen molar-refractivity contribution in [1.29, 1.82) is 0 Å². The van der Waals surface area contributed by atoms with Gasteiger partial charge in [0.15, 0.2) is 11.6 Å². The molecule has 0 unspecified atom stereocenters. The van der Waals surface area contributed by atoms with Crippen LogP contribution in [0.5, 0.6) is 5.75 Å². The number of nitrogens with zero attached hydrogens (tertiary/aromatic N) is 1. The molecule has 224 valence electrons. The van der Waals surface area contributed by atoms with Crippen molar-refractivity contribution in [3.63, 3.8) is 0 Å². The van der Waals surface area contributed by atoms with Gasteiger partial charge in [-0.1, -0.05) is 54.4 Å². The fourth-order valence-corrected chi connectivity index (χ4v) is 5.11. The first kappa shape index (κ1) is 30.9. The highest BCUT2D eigenvalue weighted by molar-refractivity contribution is 5.76. The Morgan fingerprint density at radius 1 is 0.929 bits per heavy atom. The molecule has 0 aliphatic heterocycles. The van der Waals surface area contributed by atoms with Gasteiger partial charge in [0, 0.05) is 12.5 Å². The number of alkyl halides is 3. The van der Waals surface area contributed by atoms with Crippen molar-refractivity contribution in [3.05, 3.63) is 106 Å². The number of urea groups is 1. The molecule has 4 rings (SSSR count). The summed E-state index contributed by atoms with van der Waals surface area (Å²) in [5, 5.41) is 8.68. The smallest absolute Gasteiger partial charge is 0.416 e. The topological polar surface area (TPSA) is 79.8 Å². The van der Waals surface area contributed by atoms with E-state index in [0.717, 1.165) is 43.9 Å². The second-order valence-electron chi connectivity index (χ2n) is 11.2. The molecule has 3 aromatic rings. The van der Waals surface area contributed by atoms with E-state index < -0.39 is 40.5 Å². The Labute approximate surface area is 240 Å². The van der Waals surface area contributed by atoms with Crippen LogP contribution in [0.4, 0.5) is 26.7 Å². The number of rotatable bonds is 10. The Morgan fingerprint density at radius 3 is 2.24 bits per heavy atom. The van der Waals surface area contributed by atoms with Crippen LogP contribution in [0, 0.1) is 16.5 Å². The molecule has 1 saturated carbocycles. The summed E-state index contributed by atoms with van der Waals surface area (Å²) in [5.74, 6) is -2.28. The van der Waals surface area contributed by atoms with Crippen LogP contribution < -0.4 is 15.4 Å². The summed E-state index contributed by atoms with van der Waals surface area (Å²) in [6, 6.07) is 13.5. The number of nitroso groups, excluding NO2 is 1. The minimum atomic E-state index is -4.88. The third kappa shape index (κ3) is 7.43. The van der Waals surface area contributed by atoms with E-state index in [1.807, 2.05) is 0 Å². The average molecular weight is 590 g/mol. The van der Waals surface area contributed by atoms with Gasteiger partial charge < -0.3 is 15.4 Å². The van der Waals surface area contributed by atoms with E-state index in [1.54, 1.807) is 30.3 Å². The monoisotopic (exact) mass is 589 g/mol. The average Bonchev–Trinajstić information content (AvgIpc) is 3.45. The number of carbonyl (C=O) groups excluding carboxylic acids is 1. The molecule has 3 aromatic carbocycles. The molecule has 1 atom stereocenters. The summed E-state index contributed by atoms with van der Waals surface area (Å²) in [6.45, 7) is 2.68. The minimum absolute atomic E-state index is 0.112. The van der Waals surface area contributed by atoms with E-state index in [-0.39, 0.29) is 35.9 Å². The Kier molecular flexibility index (Phi) is 9.18. The first-order chi connectivity index (χ1) is 19.8. The highest BCUT2D eigenvalue weighted by Crippen LogP contribution is 2.40. The molecule has 2 N–H and O–H groups in total. The summed E-state index contributed by atoms with van der Waals surface area (Å²) in [4.78, 5) is 24.6. The van der Waals surface area contributed by atoms with Gasteiger partial charge >= 0.3 is 12.2 Å². The Hall–Kier alpha value is -4.02. The predicted molar refractivity (Wildman–Crippen MR) is 148 cm³/mol. The van der Waals surface area contributed by atoms with Crippen LogP contribution >= 0.6 is 0 Å². The molecule has 0 radical (unpaired) electrons. The molecule has 2 amide bonds. The quantitative estimate of drug-likeness (QED) is 0.189. The van der Waals surface area contributed by atoms with Gasteiger partial charge in [0.25, 0.3) is 0 Å². The van der Waals surface area contributed by atoms with E-state index >= 15 is 0 Å². The lowest BCUT2D eigenvalue weighted by Crippen LogP contribution is -2.53. The maximum absolute atomic E-state index is 14.9. The number of carbonyl (C=O) groups is 1. The molecule has 0 bridgehead atoms. The molecule has 1 fully saturated rings. The van der Waals surface area contributed by atoms with Crippen LogP contribution in [0.3, 0.4) is 0 Å². The normalized spacial score (nSPS) is 15.6. The highest BCUT2D eigenvalue weighted by atomic mass is 19.4. The molecule has 1 aliphatic rings. The number of hydrogen-bond donors (Lipinski definition) is 2. The van der Waals surface area contributed by atoms with E-state index in [2.05, 4.69) is 15.8 Å². The summed E-state index contributed by atoms with van der Waals surface area (Å²) in [5.41, 5.74) is -3.71. The third-order valence-electron chi connectivity index (χ3n) is 7.30. The molecule has 6 nitrogen and oxygen atoms in total. The van der Waals surface area contributed by atoms with Crippen molar-refractivity contribution in [2.24, 2.45) is 5.18 Å². The summed E-state index contributed by atoms with van der Waals surface area (Å²) >= 11 is 0. The van der Waals surface area contributed by atoms with Gasteiger partial charge in [0.1, 0.15) is 18.0 Å². The fraction of sp³-hybridized carbons (Fsp3) is 0.387. The van der Waals surface area contributed by atoms with E-state index in [1.165, 1.54) is 26.0 Å². The largest absolute Gasteiger partial charge is 0.488 e. The van der Waals surface area contributed by atoms with Gasteiger partial charge in [0.2, 0.25) is 0 Å². The first-order valence-electron chi connectivity index (χ1n) is 13.6. The molecule has 0 heterocycles. The van der Waals surface area contributed by atoms with Gasteiger partial charge in [-0.05, 0) is 73.7 Å². The van der Waals surface area contributed by atoms with Crippen molar-refractivity contribution in [2.45, 2.75) is 69.2 Å². The van der Waals surface area contributed by atoms with E-state index in [0.29, 0.717) is 11.6 Å². The zero-order valence-corrected chi connectivity index (χ0v) is 23.2. The molecular weight excluding hydrogens is 557 g/mol. The number of amides is 2. The number of halogens is 5. The van der Waals surface area contributed by atoms with Gasteiger partial charge in [-0.3, -0.25) is 0 Å². The maximum Gasteiger partial charge on any atom is 0.416 e. The number of nitrogens with one attached hydrogen (secondary N) is 2. The zero-order chi connectivity index (χ0) is 30.5. The standard InChI is InChI=1S/C31H32F5N3O3/c1-29(2,39-41)19-42-27-17-21(12-13-26(27)33)30(18-20-8-4-3-5-9-20,38-28(40)37-25-10-6-7-11-25)22-14-23(31(34,35)36)16-24(32)15-22/h3-5,8-9,12-17,25H,6-7,10-11,18-19H2,1-2H3,(H2,37,38,40)/t30-/m1/s1. The molecule has 0 aromatic heterocycles. The number of hydrogen-bond acceptors (Lipinski definition) is 4. The van der Waals surface area contributed by atoms with Crippen LogP contribution in [0.2, 0.25) is 0 Å². The second-order valence-corrected chi connectivity index (χ2v) is 11.2. The summed E-state index contributed by atoms with van der Waals surface area (Å²) < 4.78 is 77.1. The van der Waals surface area contributed by atoms with Crippen molar-refractivity contribution >= 4 is 6.03 Å². The molecule has 11 heteroatoms. The Morgan fingerprint density at radius 2 is 1.60 bits per heavy atom. The zero-order valence-electron chi connectivity index (χ0n) is 23.2. The van der Waals surface area contributed by atoms with E-state index in [4.69, 9.17) is 4.74 Å². The maximum atomic E-state index is 14.9. The molecule has 0 spiro atoms. The SMILES string of the molecule is CC(C)(COc1cc([C@@](Cc2ccccc2)(NC(=O)NC2CCCC2)c2cc(F)cc(C(F)(F)F)c2)ccc1F)N=O. The molecule has 1 aliphatic carbocycles. The summed E-state index contributed by atoms with van der Waals surface area (Å²) in [6.07, 6.45) is -1.67. The van der Waals surface area contributed by atoms with Crippen LogP contribution in [-0.2, 0) is 18.1 Å². The lowest BCUT2D eigenvalue weighted by atomic mass is 9.77. The number of benzene rings is 3. The second kappa shape index (κ2) is 12.5. The van der Waals surface area contributed by atoms with Crippen LogP contribution in [0.25, 0.3) is 0 Å². The van der Waals surface area contributed by atoms with Crippen molar-refractivity contribution in [3.8, 4) is 5.75 Å². The van der Waals surface area contributed by atoms with E-state index in [9.17, 15) is 31.7 Å². The fourth-order valence-electron chi connectivity index (χ4n) is 5.11. The van der Waals surface area contributed by atoms with Gasteiger partial charge in [-0.2, -0.15) is 18.1 Å². The lowest BCUT2D eigenvalue weighted by Gasteiger charge is -2.37. The first-order valence-corrected chi connectivity index (χ1v) is 13.6. The number of ether oxygens (including phenoxy) is 1. The van der Waals surface area contributed by atoms with Crippen molar-refractivity contribution in [2.75, 3.05) is 6.61 Å². The summed E-state index contributed by atoms with van der Waals surface area (Å²) in [7, 11) is 0. The van der Waals surface area contributed by atoms with Crippen LogP contribution in [0.15, 0.2) is 71.9 Å². The third-order valence-corrected chi connectivity index (χ3v) is 7.30. The van der Waals surface area contributed by atoms with Crippen molar-refractivity contribution < 1.29 is 31.5 Å².